The minimum Gasteiger partial charge on any atom is -0.480 e. The Hall–Kier alpha value is -2.23. The minimum atomic E-state index is -3.96. The van der Waals surface area contributed by atoms with Crippen molar-refractivity contribution in [3.8, 4) is 0 Å². The Labute approximate surface area is 158 Å². The predicted octanol–water partition coefficient (Wildman–Crippen LogP) is 0.946. The van der Waals surface area contributed by atoms with Crippen LogP contribution in [0, 0.1) is 5.92 Å². The summed E-state index contributed by atoms with van der Waals surface area (Å²) >= 11 is 0. The van der Waals surface area contributed by atoms with Gasteiger partial charge in [0.2, 0.25) is 15.9 Å². The van der Waals surface area contributed by atoms with E-state index >= 15 is 0 Å². The number of carbonyl (C=O) groups is 2. The number of hydrogen-bond acceptors (Lipinski definition) is 5. The lowest BCUT2D eigenvalue weighted by Gasteiger charge is -2.25. The topological polar surface area (TPSA) is 113 Å². The van der Waals surface area contributed by atoms with Crippen LogP contribution in [0.25, 0.3) is 6.08 Å². The van der Waals surface area contributed by atoms with Gasteiger partial charge in [-0.2, -0.15) is 4.72 Å². The number of ether oxygens (including phenoxy) is 1. The van der Waals surface area contributed by atoms with Gasteiger partial charge >= 0.3 is 5.97 Å². The number of sulfonamides is 1. The number of benzene rings is 1. The van der Waals surface area contributed by atoms with Crippen LogP contribution in [0.1, 0.15) is 19.4 Å². The number of aliphatic carboxylic acids is 1. The fourth-order valence-electron chi connectivity index (χ4n) is 2.52. The van der Waals surface area contributed by atoms with Gasteiger partial charge in [0.15, 0.2) is 0 Å². The Kier molecular flexibility index (Phi) is 7.11. The number of amides is 1. The van der Waals surface area contributed by atoms with Crippen molar-refractivity contribution in [1.29, 1.82) is 0 Å². The molecule has 0 bridgehead atoms. The van der Waals surface area contributed by atoms with Crippen LogP contribution in [0.3, 0.4) is 0 Å². The molecule has 0 saturated carbocycles. The number of nitrogens with one attached hydrogen (secondary N) is 1. The second-order valence-corrected chi connectivity index (χ2v) is 8.24. The molecule has 1 aliphatic heterocycles. The highest BCUT2D eigenvalue weighted by Gasteiger charge is 2.27. The number of rotatable bonds is 7. The van der Waals surface area contributed by atoms with E-state index in [0.717, 1.165) is 0 Å². The number of morpholine rings is 1. The van der Waals surface area contributed by atoms with Gasteiger partial charge in [0.1, 0.15) is 6.04 Å². The summed E-state index contributed by atoms with van der Waals surface area (Å²) in [7, 11) is -3.96. The summed E-state index contributed by atoms with van der Waals surface area (Å²) in [5.41, 5.74) is 0.661. The van der Waals surface area contributed by atoms with Gasteiger partial charge < -0.3 is 14.7 Å². The smallest absolute Gasteiger partial charge is 0.322 e. The highest BCUT2D eigenvalue weighted by molar-refractivity contribution is 7.89. The first-order valence-electron chi connectivity index (χ1n) is 8.60. The highest BCUT2D eigenvalue weighted by Crippen LogP contribution is 2.14. The number of carboxylic acids is 1. The molecule has 1 fully saturated rings. The average molecular weight is 396 g/mol. The molecule has 2 N–H and O–H groups in total. The average Bonchev–Trinajstić information content (AvgIpc) is 2.65. The minimum absolute atomic E-state index is 0.0361. The molecule has 1 aromatic rings. The lowest BCUT2D eigenvalue weighted by atomic mass is 10.1. The maximum Gasteiger partial charge on any atom is 0.322 e. The first-order chi connectivity index (χ1) is 12.7. The third kappa shape index (κ3) is 5.88. The van der Waals surface area contributed by atoms with Crippen molar-refractivity contribution < 1.29 is 27.9 Å². The van der Waals surface area contributed by atoms with Gasteiger partial charge in [-0.05, 0) is 29.7 Å². The molecule has 148 valence electrons. The molecular weight excluding hydrogens is 372 g/mol. The first kappa shape index (κ1) is 21.1. The fourth-order valence-corrected chi connectivity index (χ4v) is 3.86. The zero-order chi connectivity index (χ0) is 20.0. The van der Waals surface area contributed by atoms with Crippen LogP contribution in [-0.2, 0) is 24.3 Å². The summed E-state index contributed by atoms with van der Waals surface area (Å²) in [4.78, 5) is 24.9. The molecule has 0 spiro atoms. The molecule has 0 radical (unpaired) electrons. The fraction of sp³-hybridized carbons (Fsp3) is 0.444. The third-order valence-electron chi connectivity index (χ3n) is 4.15. The van der Waals surface area contributed by atoms with Crippen molar-refractivity contribution in [2.75, 3.05) is 26.3 Å². The van der Waals surface area contributed by atoms with Crippen molar-refractivity contribution >= 4 is 28.0 Å². The van der Waals surface area contributed by atoms with Gasteiger partial charge in [0.05, 0.1) is 18.1 Å². The molecule has 0 aromatic heterocycles. The van der Waals surface area contributed by atoms with E-state index in [9.17, 15) is 18.0 Å². The van der Waals surface area contributed by atoms with Gasteiger partial charge in [-0.25, -0.2) is 8.42 Å². The van der Waals surface area contributed by atoms with Crippen LogP contribution in [0.4, 0.5) is 0 Å². The Morgan fingerprint density at radius 1 is 1.19 bits per heavy atom. The quantitative estimate of drug-likeness (QED) is 0.664. The van der Waals surface area contributed by atoms with E-state index in [2.05, 4.69) is 4.72 Å². The molecule has 1 amide bonds. The van der Waals surface area contributed by atoms with Crippen LogP contribution < -0.4 is 4.72 Å². The Balaban J connectivity index is 2.06. The number of nitrogens with zero attached hydrogens (tertiary/aromatic N) is 1. The largest absolute Gasteiger partial charge is 0.480 e. The van der Waals surface area contributed by atoms with Crippen molar-refractivity contribution in [2.24, 2.45) is 5.92 Å². The maximum atomic E-state index is 12.4. The lowest BCUT2D eigenvalue weighted by molar-refractivity contribution is -0.140. The molecule has 1 saturated heterocycles. The molecule has 8 nitrogen and oxygen atoms in total. The van der Waals surface area contributed by atoms with E-state index < -0.39 is 28.0 Å². The van der Waals surface area contributed by atoms with Gasteiger partial charge in [-0.1, -0.05) is 26.0 Å². The molecule has 1 heterocycles. The number of carbonyl (C=O) groups excluding carboxylic acids is 1. The third-order valence-corrected chi connectivity index (χ3v) is 5.60. The number of carboxylic acid groups (broad SMARTS) is 1. The van der Waals surface area contributed by atoms with E-state index in [0.29, 0.717) is 31.9 Å². The predicted molar refractivity (Wildman–Crippen MR) is 99.5 cm³/mol. The van der Waals surface area contributed by atoms with E-state index in [4.69, 9.17) is 9.84 Å². The van der Waals surface area contributed by atoms with E-state index in [-0.39, 0.29) is 10.8 Å². The second kappa shape index (κ2) is 9.12. The zero-order valence-electron chi connectivity index (χ0n) is 15.3. The summed E-state index contributed by atoms with van der Waals surface area (Å²) in [5, 5.41) is 9.15. The summed E-state index contributed by atoms with van der Waals surface area (Å²) < 4.78 is 32.1. The van der Waals surface area contributed by atoms with Crippen molar-refractivity contribution in [3.63, 3.8) is 0 Å². The molecule has 1 aliphatic rings. The summed E-state index contributed by atoms with van der Waals surface area (Å²) in [6.07, 6.45) is 3.04. The van der Waals surface area contributed by atoms with E-state index in [1.54, 1.807) is 37.0 Å². The monoisotopic (exact) mass is 396 g/mol. The maximum absolute atomic E-state index is 12.4. The molecule has 0 aliphatic carbocycles. The number of hydrogen-bond donors (Lipinski definition) is 2. The standard InChI is InChI=1S/C18H24N2O6S/c1-13(2)17(18(22)23)19-27(24,25)15-6-3-14(4-7-15)5-8-16(21)20-9-11-26-12-10-20/h3-8,13,17,19H,9-12H2,1-2H3,(H,22,23)/b8-5+. The Morgan fingerprint density at radius 3 is 2.30 bits per heavy atom. The summed E-state index contributed by atoms with van der Waals surface area (Å²) in [6.45, 7) is 5.39. The second-order valence-electron chi connectivity index (χ2n) is 6.52. The lowest BCUT2D eigenvalue weighted by Crippen LogP contribution is -2.44. The molecular formula is C18H24N2O6S. The van der Waals surface area contributed by atoms with Crippen LogP contribution >= 0.6 is 0 Å². The molecule has 27 heavy (non-hydrogen) atoms. The van der Waals surface area contributed by atoms with Crippen LogP contribution in [-0.4, -0.2) is 62.6 Å². The van der Waals surface area contributed by atoms with E-state index in [1.165, 1.54) is 18.2 Å². The normalized spacial score (nSPS) is 16.6. The van der Waals surface area contributed by atoms with Crippen LogP contribution in [0.5, 0.6) is 0 Å². The molecule has 2 rings (SSSR count). The summed E-state index contributed by atoms with van der Waals surface area (Å²) in [6, 6.07) is 4.66. The Morgan fingerprint density at radius 2 is 1.78 bits per heavy atom. The first-order valence-corrected chi connectivity index (χ1v) is 10.1. The van der Waals surface area contributed by atoms with Gasteiger partial charge in [0.25, 0.3) is 0 Å². The van der Waals surface area contributed by atoms with Crippen LogP contribution in [0.15, 0.2) is 35.2 Å². The van der Waals surface area contributed by atoms with Gasteiger partial charge in [-0.3, -0.25) is 9.59 Å². The zero-order valence-corrected chi connectivity index (χ0v) is 16.1. The molecule has 1 unspecified atom stereocenters. The van der Waals surface area contributed by atoms with Gasteiger partial charge in [-0.15, -0.1) is 0 Å². The van der Waals surface area contributed by atoms with Crippen molar-refractivity contribution in [2.45, 2.75) is 24.8 Å². The summed E-state index contributed by atoms with van der Waals surface area (Å²) in [5.74, 6) is -1.75. The van der Waals surface area contributed by atoms with Crippen LogP contribution in [0.2, 0.25) is 0 Å². The molecule has 9 heteroatoms. The van der Waals surface area contributed by atoms with Crippen molar-refractivity contribution in [1.82, 2.24) is 9.62 Å². The van der Waals surface area contributed by atoms with Gasteiger partial charge in [0, 0.05) is 19.2 Å². The molecule has 1 aromatic carbocycles. The Bertz CT molecular complexity index is 796. The highest BCUT2D eigenvalue weighted by atomic mass is 32.2. The SMILES string of the molecule is CC(C)C(NS(=O)(=O)c1ccc(/C=C/C(=O)N2CCOCC2)cc1)C(=O)O. The molecule has 1 atom stereocenters. The van der Waals surface area contributed by atoms with E-state index in [1.807, 2.05) is 0 Å². The van der Waals surface area contributed by atoms with Crippen molar-refractivity contribution in [3.05, 3.63) is 35.9 Å².